The second-order valence-corrected chi connectivity index (χ2v) is 7.82. The molecule has 5 rings (SSSR count). The van der Waals surface area contributed by atoms with E-state index in [1.807, 2.05) is 47.5 Å². The SMILES string of the molecule is CC1=C(c2nc3c(F)cccc3n2C)C(c2ccc(Cl)c(Cl)c2)n2nccc2N1. The van der Waals surface area contributed by atoms with Gasteiger partial charge in [0.25, 0.3) is 0 Å². The van der Waals surface area contributed by atoms with Crippen LogP contribution in [0.25, 0.3) is 16.6 Å². The molecule has 1 unspecified atom stereocenters. The van der Waals surface area contributed by atoms with Gasteiger partial charge in [-0.05, 0) is 36.8 Å². The maximum atomic E-state index is 14.4. The zero-order chi connectivity index (χ0) is 20.3. The summed E-state index contributed by atoms with van der Waals surface area (Å²) in [5.41, 5.74) is 3.77. The van der Waals surface area contributed by atoms with E-state index in [1.165, 1.54) is 6.07 Å². The van der Waals surface area contributed by atoms with Gasteiger partial charge in [0.2, 0.25) is 0 Å². The van der Waals surface area contributed by atoms with Crippen molar-refractivity contribution in [2.24, 2.45) is 7.05 Å². The summed E-state index contributed by atoms with van der Waals surface area (Å²) in [4.78, 5) is 4.65. The number of anilines is 1. The van der Waals surface area contributed by atoms with E-state index < -0.39 is 0 Å². The highest BCUT2D eigenvalue weighted by atomic mass is 35.5. The van der Waals surface area contributed by atoms with Gasteiger partial charge in [-0.2, -0.15) is 5.10 Å². The maximum absolute atomic E-state index is 14.4. The van der Waals surface area contributed by atoms with Crippen LogP contribution in [0.5, 0.6) is 0 Å². The molecule has 4 aromatic rings. The minimum absolute atomic E-state index is 0.297. The van der Waals surface area contributed by atoms with Gasteiger partial charge in [-0.15, -0.1) is 0 Å². The molecule has 146 valence electrons. The molecule has 0 bridgehead atoms. The Labute approximate surface area is 176 Å². The third kappa shape index (κ3) is 2.74. The molecule has 0 spiro atoms. The summed E-state index contributed by atoms with van der Waals surface area (Å²) >= 11 is 12.5. The van der Waals surface area contributed by atoms with E-state index >= 15 is 0 Å². The van der Waals surface area contributed by atoms with Crippen LogP contribution in [0.4, 0.5) is 10.2 Å². The van der Waals surface area contributed by atoms with E-state index in [0.717, 1.165) is 28.2 Å². The Bertz CT molecular complexity index is 1300. The van der Waals surface area contributed by atoms with Gasteiger partial charge >= 0.3 is 0 Å². The number of halogens is 3. The van der Waals surface area contributed by atoms with Crippen molar-refractivity contribution in [2.75, 3.05) is 5.32 Å². The van der Waals surface area contributed by atoms with Crippen molar-refractivity contribution in [3.63, 3.8) is 0 Å². The first-order chi connectivity index (χ1) is 14.0. The van der Waals surface area contributed by atoms with Crippen LogP contribution >= 0.6 is 23.2 Å². The van der Waals surface area contributed by atoms with Crippen molar-refractivity contribution in [3.05, 3.63) is 81.6 Å². The summed E-state index contributed by atoms with van der Waals surface area (Å²) in [6, 6.07) is 12.1. The number of nitrogens with one attached hydrogen (secondary N) is 1. The molecule has 2 aromatic heterocycles. The standard InChI is InChI=1S/C21H16Cl2FN5/c1-11-18(21-27-19-15(24)4-3-5-16(19)28(21)2)20(29-17(26-11)8-9-25-29)12-6-7-13(22)14(23)10-12/h3-10,20,26H,1-2H3. The summed E-state index contributed by atoms with van der Waals surface area (Å²) in [6.45, 7) is 1.98. The Balaban J connectivity index is 1.79. The molecule has 0 radical (unpaired) electrons. The van der Waals surface area contributed by atoms with Gasteiger partial charge < -0.3 is 9.88 Å². The molecule has 1 aliphatic heterocycles. The Kier molecular flexibility index (Phi) is 4.15. The molecule has 1 atom stereocenters. The fraction of sp³-hybridized carbons (Fsp3) is 0.143. The lowest BCUT2D eigenvalue weighted by molar-refractivity contribution is 0.613. The van der Waals surface area contributed by atoms with Crippen LogP contribution in [-0.4, -0.2) is 19.3 Å². The highest BCUT2D eigenvalue weighted by Gasteiger charge is 2.32. The summed E-state index contributed by atoms with van der Waals surface area (Å²) in [5, 5.41) is 8.83. The van der Waals surface area contributed by atoms with Crippen LogP contribution in [0, 0.1) is 5.82 Å². The summed E-state index contributed by atoms with van der Waals surface area (Å²) in [5.74, 6) is 1.16. The van der Waals surface area contributed by atoms with E-state index in [9.17, 15) is 4.39 Å². The lowest BCUT2D eigenvalue weighted by Crippen LogP contribution is -2.25. The van der Waals surface area contributed by atoms with Gasteiger partial charge in [0, 0.05) is 24.4 Å². The lowest BCUT2D eigenvalue weighted by Gasteiger charge is -2.30. The average Bonchev–Trinajstić information content (AvgIpc) is 3.28. The number of allylic oxidation sites excluding steroid dienone is 2. The van der Waals surface area contributed by atoms with Crippen LogP contribution in [0.2, 0.25) is 10.0 Å². The first-order valence-corrected chi connectivity index (χ1v) is 9.79. The predicted molar refractivity (Wildman–Crippen MR) is 114 cm³/mol. The Hall–Kier alpha value is -2.83. The van der Waals surface area contributed by atoms with Gasteiger partial charge in [-0.25, -0.2) is 14.1 Å². The second-order valence-electron chi connectivity index (χ2n) is 7.00. The summed E-state index contributed by atoms with van der Waals surface area (Å²) < 4.78 is 18.2. The van der Waals surface area contributed by atoms with Gasteiger partial charge in [0.15, 0.2) is 5.82 Å². The number of hydrogen-bond donors (Lipinski definition) is 1. The minimum Gasteiger partial charge on any atom is -0.344 e. The smallest absolute Gasteiger partial charge is 0.151 e. The molecule has 0 saturated carbocycles. The molecule has 0 aliphatic carbocycles. The highest BCUT2D eigenvalue weighted by Crippen LogP contribution is 2.42. The third-order valence-electron chi connectivity index (χ3n) is 5.27. The summed E-state index contributed by atoms with van der Waals surface area (Å²) in [7, 11) is 1.88. The molecule has 29 heavy (non-hydrogen) atoms. The summed E-state index contributed by atoms with van der Waals surface area (Å²) in [6.07, 6.45) is 1.73. The molecule has 8 heteroatoms. The van der Waals surface area contributed by atoms with Crippen molar-refractivity contribution in [2.45, 2.75) is 13.0 Å². The van der Waals surface area contributed by atoms with Crippen molar-refractivity contribution in [1.82, 2.24) is 19.3 Å². The largest absolute Gasteiger partial charge is 0.344 e. The lowest BCUT2D eigenvalue weighted by atomic mass is 9.95. The van der Waals surface area contributed by atoms with E-state index in [2.05, 4.69) is 15.4 Å². The predicted octanol–water partition coefficient (Wildman–Crippen LogP) is 5.66. The molecular weight excluding hydrogens is 412 g/mol. The zero-order valence-electron chi connectivity index (χ0n) is 15.6. The molecule has 3 heterocycles. The van der Waals surface area contributed by atoms with Crippen LogP contribution in [0.3, 0.4) is 0 Å². The van der Waals surface area contributed by atoms with E-state index in [-0.39, 0.29) is 11.9 Å². The molecule has 1 N–H and O–H groups in total. The van der Waals surface area contributed by atoms with Crippen molar-refractivity contribution < 1.29 is 4.39 Å². The quantitative estimate of drug-likeness (QED) is 0.448. The van der Waals surface area contributed by atoms with E-state index in [4.69, 9.17) is 23.2 Å². The van der Waals surface area contributed by atoms with Gasteiger partial charge in [0.05, 0.1) is 21.8 Å². The molecule has 0 amide bonds. The first-order valence-electron chi connectivity index (χ1n) is 9.03. The Morgan fingerprint density at radius 1 is 1.10 bits per heavy atom. The number of aryl methyl sites for hydroxylation is 1. The zero-order valence-corrected chi connectivity index (χ0v) is 17.1. The van der Waals surface area contributed by atoms with Gasteiger partial charge in [0.1, 0.15) is 23.2 Å². The van der Waals surface area contributed by atoms with Crippen LogP contribution < -0.4 is 5.32 Å². The fourth-order valence-electron chi connectivity index (χ4n) is 3.91. The first kappa shape index (κ1) is 18.2. The third-order valence-corrected chi connectivity index (χ3v) is 6.01. The van der Waals surface area contributed by atoms with Gasteiger partial charge in [-0.3, -0.25) is 0 Å². The Morgan fingerprint density at radius 3 is 2.69 bits per heavy atom. The average molecular weight is 428 g/mol. The number of nitrogens with zero attached hydrogens (tertiary/aromatic N) is 4. The number of hydrogen-bond acceptors (Lipinski definition) is 3. The number of rotatable bonds is 2. The fourth-order valence-corrected chi connectivity index (χ4v) is 4.21. The molecule has 2 aromatic carbocycles. The molecule has 1 aliphatic rings. The molecular formula is C21H16Cl2FN5. The maximum Gasteiger partial charge on any atom is 0.151 e. The van der Waals surface area contributed by atoms with E-state index in [0.29, 0.717) is 21.4 Å². The van der Waals surface area contributed by atoms with Crippen LogP contribution in [0.15, 0.2) is 54.4 Å². The molecule has 5 nitrogen and oxygen atoms in total. The van der Waals surface area contributed by atoms with Crippen molar-refractivity contribution in [1.29, 1.82) is 0 Å². The Morgan fingerprint density at radius 2 is 1.93 bits per heavy atom. The number of benzene rings is 2. The number of para-hydroxylation sites is 1. The topological polar surface area (TPSA) is 47.7 Å². The minimum atomic E-state index is -0.350. The van der Waals surface area contributed by atoms with Crippen LogP contribution in [0.1, 0.15) is 24.4 Å². The van der Waals surface area contributed by atoms with Crippen LogP contribution in [-0.2, 0) is 7.05 Å². The number of imidazole rings is 1. The molecule has 0 fully saturated rings. The molecule has 0 saturated heterocycles. The van der Waals surface area contributed by atoms with Gasteiger partial charge in [-0.1, -0.05) is 35.3 Å². The van der Waals surface area contributed by atoms with Crippen molar-refractivity contribution >= 4 is 45.6 Å². The second kappa shape index (κ2) is 6.61. The number of fused-ring (bicyclic) bond motifs is 2. The monoisotopic (exact) mass is 427 g/mol. The van der Waals surface area contributed by atoms with E-state index in [1.54, 1.807) is 18.3 Å². The highest BCUT2D eigenvalue weighted by molar-refractivity contribution is 6.42. The normalized spacial score (nSPS) is 16.2. The number of aromatic nitrogens is 4. The van der Waals surface area contributed by atoms with Crippen molar-refractivity contribution in [3.8, 4) is 0 Å².